The van der Waals surface area contributed by atoms with E-state index in [4.69, 9.17) is 15.2 Å². The topological polar surface area (TPSA) is 93.9 Å². The molecule has 2 amide bonds. The molecule has 7 nitrogen and oxygen atoms in total. The Balaban J connectivity index is 2.50. The van der Waals surface area contributed by atoms with Gasteiger partial charge in [0.25, 0.3) is 11.8 Å². The number of rotatable bonds is 10. The molecule has 0 aliphatic rings. The number of hydrogen-bond acceptors (Lipinski definition) is 5. The monoisotopic (exact) mass is 377 g/mol. The van der Waals surface area contributed by atoms with Crippen LogP contribution >= 0.6 is 0 Å². The van der Waals surface area contributed by atoms with E-state index in [-0.39, 0.29) is 36.8 Å². The van der Waals surface area contributed by atoms with E-state index in [1.165, 1.54) is 32.4 Å². The van der Waals surface area contributed by atoms with Crippen LogP contribution in [-0.2, 0) is 4.79 Å². The summed E-state index contributed by atoms with van der Waals surface area (Å²) < 4.78 is 46.9. The number of nitrogens with one attached hydrogen (secondary N) is 1. The largest absolute Gasteiger partial charge is 0.493 e. The Morgan fingerprint density at radius 3 is 2.54 bits per heavy atom. The fourth-order valence-corrected chi connectivity index (χ4v) is 2.12. The van der Waals surface area contributed by atoms with Crippen LogP contribution in [0.2, 0.25) is 0 Å². The van der Waals surface area contributed by atoms with Gasteiger partial charge in [0.2, 0.25) is 0 Å². The van der Waals surface area contributed by atoms with Gasteiger partial charge in [-0.2, -0.15) is 13.2 Å². The molecule has 0 aliphatic heterocycles. The third-order valence-corrected chi connectivity index (χ3v) is 3.25. The predicted octanol–water partition coefficient (Wildman–Crippen LogP) is 1.17. The summed E-state index contributed by atoms with van der Waals surface area (Å²) >= 11 is 0. The number of nitrogens with zero attached hydrogens (tertiary/aromatic N) is 1. The van der Waals surface area contributed by atoms with E-state index in [1.807, 2.05) is 0 Å². The highest BCUT2D eigenvalue weighted by Gasteiger charge is 2.28. The number of amides is 2. The van der Waals surface area contributed by atoms with Gasteiger partial charge < -0.3 is 20.5 Å². The number of carbonyl (C=O) groups is 2. The molecule has 146 valence electrons. The first-order valence-electron chi connectivity index (χ1n) is 7.75. The maximum absolute atomic E-state index is 12.2. The number of ether oxygens (including phenoxy) is 2. The molecular formula is C16H22F3N3O4. The van der Waals surface area contributed by atoms with Crippen LogP contribution < -0.4 is 20.5 Å². The van der Waals surface area contributed by atoms with Gasteiger partial charge in [0.05, 0.1) is 13.7 Å². The SMILES string of the molecule is COc1cc(C(=O)NCCCN(C)CC(F)(F)F)ccc1OCC(N)=O. The lowest BCUT2D eigenvalue weighted by atomic mass is 10.2. The Labute approximate surface area is 149 Å². The Morgan fingerprint density at radius 2 is 1.96 bits per heavy atom. The summed E-state index contributed by atoms with van der Waals surface area (Å²) in [5.41, 5.74) is 5.29. The lowest BCUT2D eigenvalue weighted by Crippen LogP contribution is -2.33. The summed E-state index contributed by atoms with van der Waals surface area (Å²) in [5, 5.41) is 2.62. The van der Waals surface area contributed by atoms with Gasteiger partial charge >= 0.3 is 6.18 Å². The summed E-state index contributed by atoms with van der Waals surface area (Å²) in [5.74, 6) is -0.534. The van der Waals surface area contributed by atoms with Gasteiger partial charge in [-0.15, -0.1) is 0 Å². The van der Waals surface area contributed by atoms with Gasteiger partial charge in [0.15, 0.2) is 18.1 Å². The maximum atomic E-state index is 12.2. The molecule has 1 rings (SSSR count). The number of carbonyl (C=O) groups excluding carboxylic acids is 2. The number of nitrogens with two attached hydrogens (primary N) is 1. The first-order valence-corrected chi connectivity index (χ1v) is 7.75. The lowest BCUT2D eigenvalue weighted by Gasteiger charge is -2.18. The highest BCUT2D eigenvalue weighted by molar-refractivity contribution is 5.94. The minimum atomic E-state index is -4.24. The molecule has 0 fully saturated rings. The van der Waals surface area contributed by atoms with E-state index in [0.717, 1.165) is 4.90 Å². The first-order chi connectivity index (χ1) is 12.1. The van der Waals surface area contributed by atoms with E-state index in [2.05, 4.69) is 5.32 Å². The molecule has 0 atom stereocenters. The van der Waals surface area contributed by atoms with Crippen LogP contribution in [0.4, 0.5) is 13.2 Å². The van der Waals surface area contributed by atoms with Crippen LogP contribution in [0.3, 0.4) is 0 Å². The molecule has 0 spiro atoms. The van der Waals surface area contributed by atoms with Crippen molar-refractivity contribution in [3.05, 3.63) is 23.8 Å². The summed E-state index contributed by atoms with van der Waals surface area (Å²) in [6, 6.07) is 4.37. The van der Waals surface area contributed by atoms with Crippen LogP contribution in [-0.4, -0.2) is 63.3 Å². The number of methoxy groups -OCH3 is 1. The second kappa shape index (κ2) is 9.85. The average molecular weight is 377 g/mol. The molecule has 0 heterocycles. The summed E-state index contributed by atoms with van der Waals surface area (Å²) in [4.78, 5) is 24.0. The van der Waals surface area contributed by atoms with Crippen molar-refractivity contribution < 1.29 is 32.2 Å². The molecule has 0 saturated carbocycles. The van der Waals surface area contributed by atoms with E-state index in [0.29, 0.717) is 6.42 Å². The molecule has 0 radical (unpaired) electrons. The van der Waals surface area contributed by atoms with Gasteiger partial charge in [-0.25, -0.2) is 0 Å². The Hall–Kier alpha value is -2.49. The zero-order chi connectivity index (χ0) is 19.7. The summed E-state index contributed by atoms with van der Waals surface area (Å²) in [7, 11) is 2.75. The highest BCUT2D eigenvalue weighted by atomic mass is 19.4. The Kier molecular flexibility index (Phi) is 8.17. The molecule has 3 N–H and O–H groups in total. The molecule has 1 aromatic rings. The molecule has 0 bridgehead atoms. The smallest absolute Gasteiger partial charge is 0.401 e. The number of halogens is 3. The second-order valence-electron chi connectivity index (χ2n) is 5.58. The fourth-order valence-electron chi connectivity index (χ4n) is 2.12. The normalized spacial score (nSPS) is 11.3. The molecule has 0 aromatic heterocycles. The number of alkyl halides is 3. The quantitative estimate of drug-likeness (QED) is 0.597. The molecular weight excluding hydrogens is 355 g/mol. The third kappa shape index (κ3) is 8.06. The van der Waals surface area contributed by atoms with Crippen LogP contribution in [0.15, 0.2) is 18.2 Å². The van der Waals surface area contributed by atoms with Crippen molar-refractivity contribution in [2.24, 2.45) is 5.73 Å². The van der Waals surface area contributed by atoms with Crippen LogP contribution in [0.25, 0.3) is 0 Å². The van der Waals surface area contributed by atoms with E-state index in [9.17, 15) is 22.8 Å². The predicted molar refractivity (Wildman–Crippen MR) is 88.2 cm³/mol. The molecule has 1 aromatic carbocycles. The maximum Gasteiger partial charge on any atom is 0.401 e. The van der Waals surface area contributed by atoms with E-state index < -0.39 is 24.5 Å². The van der Waals surface area contributed by atoms with Crippen molar-refractivity contribution in [1.82, 2.24) is 10.2 Å². The fraction of sp³-hybridized carbons (Fsp3) is 0.500. The molecule has 0 aliphatic carbocycles. The van der Waals surface area contributed by atoms with Crippen LogP contribution in [0.1, 0.15) is 16.8 Å². The third-order valence-electron chi connectivity index (χ3n) is 3.25. The minimum Gasteiger partial charge on any atom is -0.493 e. The van der Waals surface area contributed by atoms with Gasteiger partial charge in [-0.05, 0) is 38.2 Å². The number of hydrogen-bond donors (Lipinski definition) is 2. The van der Waals surface area contributed by atoms with Gasteiger partial charge in [-0.1, -0.05) is 0 Å². The van der Waals surface area contributed by atoms with Crippen LogP contribution in [0.5, 0.6) is 11.5 Å². The van der Waals surface area contributed by atoms with Crippen molar-refractivity contribution in [2.75, 3.05) is 40.4 Å². The van der Waals surface area contributed by atoms with Crippen molar-refractivity contribution in [2.45, 2.75) is 12.6 Å². The van der Waals surface area contributed by atoms with Crippen molar-refractivity contribution in [1.29, 1.82) is 0 Å². The van der Waals surface area contributed by atoms with Crippen molar-refractivity contribution >= 4 is 11.8 Å². The van der Waals surface area contributed by atoms with E-state index >= 15 is 0 Å². The summed E-state index contributed by atoms with van der Waals surface area (Å²) in [6.45, 7) is -0.898. The standard InChI is InChI=1S/C16H22F3N3O4/c1-22(10-16(17,18)19)7-3-6-21-15(24)11-4-5-12(13(8-11)25-2)26-9-14(20)23/h4-5,8H,3,6-7,9-10H2,1-2H3,(H2,20,23)(H,21,24). The zero-order valence-electron chi connectivity index (χ0n) is 14.6. The highest BCUT2D eigenvalue weighted by Crippen LogP contribution is 2.28. The first kappa shape index (κ1) is 21.6. The number of benzene rings is 1. The van der Waals surface area contributed by atoms with Gasteiger partial charge in [-0.3, -0.25) is 14.5 Å². The Bertz CT molecular complexity index is 623. The number of primary amides is 1. The Morgan fingerprint density at radius 1 is 1.27 bits per heavy atom. The molecule has 0 saturated heterocycles. The molecule has 0 unspecified atom stereocenters. The second-order valence-corrected chi connectivity index (χ2v) is 5.58. The van der Waals surface area contributed by atoms with Gasteiger partial charge in [0.1, 0.15) is 0 Å². The zero-order valence-corrected chi connectivity index (χ0v) is 14.6. The minimum absolute atomic E-state index is 0.197. The van der Waals surface area contributed by atoms with Gasteiger partial charge in [0, 0.05) is 12.1 Å². The average Bonchev–Trinajstić information content (AvgIpc) is 2.54. The summed E-state index contributed by atoms with van der Waals surface area (Å²) in [6.07, 6.45) is -3.87. The molecule has 26 heavy (non-hydrogen) atoms. The van der Waals surface area contributed by atoms with E-state index in [1.54, 1.807) is 0 Å². The van der Waals surface area contributed by atoms with Crippen LogP contribution in [0, 0.1) is 0 Å². The lowest BCUT2D eigenvalue weighted by molar-refractivity contribution is -0.143. The van der Waals surface area contributed by atoms with Crippen molar-refractivity contribution in [3.8, 4) is 11.5 Å². The molecule has 10 heteroatoms. The van der Waals surface area contributed by atoms with Crippen molar-refractivity contribution in [3.63, 3.8) is 0 Å².